The predicted octanol–water partition coefficient (Wildman–Crippen LogP) is 0.744. The number of hydrogen-bond donors (Lipinski definition) is 0. The Bertz CT molecular complexity index is 340. The zero-order chi connectivity index (χ0) is 8.72. The van der Waals surface area contributed by atoms with Crippen LogP contribution in [0.1, 0.15) is 20.7 Å². The van der Waals surface area contributed by atoms with Gasteiger partial charge in [-0.3, -0.25) is 0 Å². The quantitative estimate of drug-likeness (QED) is 0.469. The zero-order valence-corrected chi connectivity index (χ0v) is 9.25. The molecule has 0 aromatic heterocycles. The summed E-state index contributed by atoms with van der Waals surface area (Å²) < 4.78 is 1.25. The molecule has 1 aromatic carbocycles. The number of benzene rings is 1. The summed E-state index contributed by atoms with van der Waals surface area (Å²) in [6.07, 6.45) is 0. The van der Waals surface area contributed by atoms with Crippen molar-refractivity contribution in [2.75, 3.05) is 0 Å². The van der Waals surface area contributed by atoms with Crippen molar-refractivity contribution in [3.05, 3.63) is 35.4 Å². The molecule has 1 aromatic rings. The minimum atomic E-state index is -0.157. The van der Waals surface area contributed by atoms with Crippen molar-refractivity contribution in [2.45, 2.75) is 0 Å². The second-order valence-electron chi connectivity index (χ2n) is 2.58. The number of rotatable bonds is 0. The first-order chi connectivity index (χ1) is 5.72. The van der Waals surface area contributed by atoms with Crippen LogP contribution >= 0.6 is 0 Å². The van der Waals surface area contributed by atoms with Gasteiger partial charge >= 0.3 is 79.0 Å². The monoisotopic (exact) mass is 210 g/mol. The first kappa shape index (κ1) is 7.62. The molecule has 1 aliphatic rings. The van der Waals surface area contributed by atoms with E-state index in [0.717, 1.165) is 0 Å². The summed E-state index contributed by atoms with van der Waals surface area (Å²) in [4.78, 5) is 22.7. The van der Waals surface area contributed by atoms with Gasteiger partial charge in [0.25, 0.3) is 0 Å². The van der Waals surface area contributed by atoms with Crippen LogP contribution < -0.4 is 0 Å². The van der Waals surface area contributed by atoms with Crippen molar-refractivity contribution in [3.8, 4) is 0 Å². The van der Waals surface area contributed by atoms with Crippen molar-refractivity contribution < 1.29 is 28.1 Å². The van der Waals surface area contributed by atoms with E-state index in [-0.39, 0.29) is 11.8 Å². The standard InChI is InChI=1S/C8H5NO2.Zn/c10-7-5-3-1-2-4-6(5)8(11)9-7;/h1-4H,(H,9,10,11);/q;+1/p-1. The van der Waals surface area contributed by atoms with Gasteiger partial charge in [-0.1, -0.05) is 0 Å². The maximum atomic E-state index is 11.3. The third kappa shape index (κ3) is 0.848. The Hall–Kier alpha value is -1.02. The SMILES string of the molecule is O=C1c2ccccc2C(=O)[N]1[Zn]. The van der Waals surface area contributed by atoms with Crippen LogP contribution in [0.15, 0.2) is 24.3 Å². The Labute approximate surface area is 79.3 Å². The van der Waals surface area contributed by atoms with E-state index in [4.69, 9.17) is 0 Å². The number of amides is 2. The number of hydrogen-bond acceptors (Lipinski definition) is 2. The first-order valence-electron chi connectivity index (χ1n) is 3.50. The Balaban J connectivity index is 2.67. The van der Waals surface area contributed by atoms with Crippen LogP contribution in [0, 0.1) is 0 Å². The average molecular weight is 212 g/mol. The molecule has 0 radical (unpaired) electrons. The normalized spacial score (nSPS) is 15.3. The zero-order valence-electron chi connectivity index (χ0n) is 6.28. The molecule has 55 valence electrons. The Kier molecular flexibility index (Phi) is 1.58. The molecule has 0 bridgehead atoms. The number of carbonyl (C=O) groups is 2. The third-order valence-electron chi connectivity index (χ3n) is 1.88. The van der Waals surface area contributed by atoms with Crippen molar-refractivity contribution in [2.24, 2.45) is 0 Å². The minimum absolute atomic E-state index is 0.157. The van der Waals surface area contributed by atoms with E-state index in [1.165, 1.54) is 3.64 Å². The Morgan fingerprint density at radius 1 is 1.00 bits per heavy atom. The van der Waals surface area contributed by atoms with Gasteiger partial charge in [-0.25, -0.2) is 0 Å². The second-order valence-corrected chi connectivity index (χ2v) is 3.91. The molecule has 2 amide bonds. The molecule has 0 unspecified atom stereocenters. The van der Waals surface area contributed by atoms with Crippen LogP contribution in [-0.4, -0.2) is 15.5 Å². The van der Waals surface area contributed by atoms with Crippen LogP contribution in [0.3, 0.4) is 0 Å². The molecule has 1 aliphatic heterocycles. The van der Waals surface area contributed by atoms with Crippen LogP contribution in [0.5, 0.6) is 0 Å². The molecule has 0 saturated carbocycles. The molecule has 12 heavy (non-hydrogen) atoms. The summed E-state index contributed by atoms with van der Waals surface area (Å²) in [6, 6.07) is 6.91. The van der Waals surface area contributed by atoms with E-state index in [0.29, 0.717) is 29.7 Å². The van der Waals surface area contributed by atoms with Gasteiger partial charge in [-0.15, -0.1) is 0 Å². The van der Waals surface area contributed by atoms with Gasteiger partial charge in [0.15, 0.2) is 0 Å². The van der Waals surface area contributed by atoms with Crippen LogP contribution in [0.25, 0.3) is 0 Å². The molecule has 0 aliphatic carbocycles. The summed E-state index contributed by atoms with van der Waals surface area (Å²) in [5, 5.41) is 0. The molecule has 0 saturated heterocycles. The molecule has 4 heteroatoms. The van der Waals surface area contributed by atoms with Crippen molar-refractivity contribution in [1.82, 2.24) is 3.64 Å². The summed E-state index contributed by atoms with van der Waals surface area (Å²) >= 11 is 0.562. The second kappa shape index (κ2) is 2.49. The molecule has 0 spiro atoms. The number of imide groups is 1. The summed E-state index contributed by atoms with van der Waals surface area (Å²) in [5.41, 5.74) is 1.07. The fourth-order valence-electron chi connectivity index (χ4n) is 1.24. The number of carbonyl (C=O) groups excluding carboxylic acids is 2. The molecule has 2 rings (SSSR count). The Morgan fingerprint density at radius 3 is 1.83 bits per heavy atom. The molecule has 1 heterocycles. The van der Waals surface area contributed by atoms with Crippen LogP contribution in [-0.2, 0) is 18.5 Å². The van der Waals surface area contributed by atoms with E-state index in [1.54, 1.807) is 24.3 Å². The van der Waals surface area contributed by atoms with E-state index in [1.807, 2.05) is 0 Å². The number of fused-ring (bicyclic) bond motifs is 1. The van der Waals surface area contributed by atoms with Gasteiger partial charge in [0, 0.05) is 0 Å². The fraction of sp³-hybridized carbons (Fsp3) is 0. The first-order valence-corrected chi connectivity index (χ1v) is 4.83. The molecule has 0 fully saturated rings. The van der Waals surface area contributed by atoms with E-state index >= 15 is 0 Å². The summed E-state index contributed by atoms with van der Waals surface area (Å²) in [6.45, 7) is 0. The molecule has 3 nitrogen and oxygen atoms in total. The van der Waals surface area contributed by atoms with Gasteiger partial charge in [0.2, 0.25) is 0 Å². The van der Waals surface area contributed by atoms with E-state index in [2.05, 4.69) is 0 Å². The Morgan fingerprint density at radius 2 is 1.42 bits per heavy atom. The van der Waals surface area contributed by atoms with Gasteiger partial charge in [-0.2, -0.15) is 0 Å². The van der Waals surface area contributed by atoms with Crippen molar-refractivity contribution in [3.63, 3.8) is 0 Å². The van der Waals surface area contributed by atoms with Crippen LogP contribution in [0.4, 0.5) is 0 Å². The van der Waals surface area contributed by atoms with Gasteiger partial charge in [0.05, 0.1) is 0 Å². The average Bonchev–Trinajstić information content (AvgIpc) is 2.33. The van der Waals surface area contributed by atoms with Crippen molar-refractivity contribution in [1.29, 1.82) is 0 Å². The fourth-order valence-corrected chi connectivity index (χ4v) is 1.95. The van der Waals surface area contributed by atoms with Gasteiger partial charge < -0.3 is 0 Å². The molecular formula is C8H4NO2Zn. The predicted molar refractivity (Wildman–Crippen MR) is 36.9 cm³/mol. The molecule has 0 N–H and O–H groups in total. The topological polar surface area (TPSA) is 37.4 Å². The number of nitrogens with zero attached hydrogens (tertiary/aromatic N) is 1. The van der Waals surface area contributed by atoms with Crippen molar-refractivity contribution >= 4 is 11.8 Å². The van der Waals surface area contributed by atoms with E-state index in [9.17, 15) is 9.59 Å². The summed E-state index contributed by atoms with van der Waals surface area (Å²) in [7, 11) is 0. The van der Waals surface area contributed by atoms with Gasteiger partial charge in [-0.05, 0) is 0 Å². The van der Waals surface area contributed by atoms with Crippen LogP contribution in [0.2, 0.25) is 0 Å². The maximum absolute atomic E-state index is 11.3. The van der Waals surface area contributed by atoms with E-state index < -0.39 is 0 Å². The third-order valence-corrected chi connectivity index (χ3v) is 3.08. The summed E-state index contributed by atoms with van der Waals surface area (Å²) in [5.74, 6) is -0.314. The molecule has 0 atom stereocenters. The molecular weight excluding hydrogens is 207 g/mol. The van der Waals surface area contributed by atoms with Gasteiger partial charge in [0.1, 0.15) is 0 Å².